The fourth-order valence-electron chi connectivity index (χ4n) is 4.15. The molecule has 3 unspecified atom stereocenters. The highest BCUT2D eigenvalue weighted by molar-refractivity contribution is 6.26. The largest absolute Gasteiger partial charge is 0.479 e. The number of benzene rings is 1. The number of epoxide rings is 1. The monoisotopic (exact) mass is 424 g/mol. The van der Waals surface area contributed by atoms with Crippen molar-refractivity contribution in [2.24, 2.45) is 0 Å². The molecule has 4 rings (SSSR count). The lowest BCUT2D eigenvalue weighted by Gasteiger charge is -2.40. The lowest BCUT2D eigenvalue weighted by Crippen LogP contribution is -2.48. The van der Waals surface area contributed by atoms with Crippen molar-refractivity contribution < 1.29 is 28.6 Å². The van der Waals surface area contributed by atoms with Crippen LogP contribution in [0.5, 0.6) is 0 Å². The van der Waals surface area contributed by atoms with Crippen molar-refractivity contribution in [1.82, 2.24) is 0 Å². The number of fused-ring (bicyclic) bond motifs is 1. The van der Waals surface area contributed by atoms with E-state index in [9.17, 15) is 14.4 Å². The van der Waals surface area contributed by atoms with Gasteiger partial charge in [0.05, 0.1) is 17.3 Å². The fourth-order valence-corrected chi connectivity index (χ4v) is 4.15. The second-order valence-corrected chi connectivity index (χ2v) is 9.31. The molecule has 0 bridgehead atoms. The number of carbonyl (C=O) groups is 3. The van der Waals surface area contributed by atoms with Gasteiger partial charge in [-0.25, -0.2) is 4.79 Å². The van der Waals surface area contributed by atoms with E-state index in [1.165, 1.54) is 0 Å². The van der Waals surface area contributed by atoms with Gasteiger partial charge in [-0.1, -0.05) is 30.3 Å². The van der Waals surface area contributed by atoms with Crippen LogP contribution in [0.3, 0.4) is 0 Å². The zero-order chi connectivity index (χ0) is 22.6. The zero-order valence-electron chi connectivity index (χ0n) is 18.6. The standard InChI is InChI=1S/C25H28O6/c1-14(9-8-12-25(5)15(2)30-25)23(28)29-19-13-18-20(26)16-10-6-7-11-17(16)21(27)22(18)31-24(19,3)4/h6-7,9-11,15,19H,8,12-13H2,1-5H3. The number of Topliss-reactive ketones (excluding diaryl/α,β-unsaturated/α-hetero) is 2. The highest BCUT2D eigenvalue weighted by Crippen LogP contribution is 2.41. The molecule has 1 aromatic rings. The Labute approximate surface area is 182 Å². The molecular weight excluding hydrogens is 396 g/mol. The number of allylic oxidation sites excluding steroid dienone is 2. The summed E-state index contributed by atoms with van der Waals surface area (Å²) >= 11 is 0. The van der Waals surface area contributed by atoms with Crippen LogP contribution in [0.4, 0.5) is 0 Å². The maximum absolute atomic E-state index is 13.0. The van der Waals surface area contributed by atoms with Gasteiger partial charge in [-0.3, -0.25) is 9.59 Å². The van der Waals surface area contributed by atoms with Crippen LogP contribution in [0.2, 0.25) is 0 Å². The van der Waals surface area contributed by atoms with E-state index in [-0.39, 0.29) is 41.0 Å². The molecule has 3 aliphatic rings. The molecule has 0 aromatic heterocycles. The first-order chi connectivity index (χ1) is 14.5. The van der Waals surface area contributed by atoms with E-state index in [0.29, 0.717) is 23.1 Å². The van der Waals surface area contributed by atoms with Crippen molar-refractivity contribution in [1.29, 1.82) is 0 Å². The summed E-state index contributed by atoms with van der Waals surface area (Å²) in [5.41, 5.74) is 0.438. The Bertz CT molecular complexity index is 1030. The van der Waals surface area contributed by atoms with Gasteiger partial charge in [0.15, 0.2) is 11.5 Å². The maximum Gasteiger partial charge on any atom is 0.333 e. The minimum atomic E-state index is -0.943. The fraction of sp³-hybridized carbons (Fsp3) is 0.480. The number of ether oxygens (including phenoxy) is 3. The van der Waals surface area contributed by atoms with Crippen LogP contribution in [0.25, 0.3) is 0 Å². The van der Waals surface area contributed by atoms with Gasteiger partial charge < -0.3 is 14.2 Å². The third-order valence-corrected chi connectivity index (χ3v) is 6.61. The first-order valence-electron chi connectivity index (χ1n) is 10.7. The predicted molar refractivity (Wildman–Crippen MR) is 114 cm³/mol. The third-order valence-electron chi connectivity index (χ3n) is 6.61. The van der Waals surface area contributed by atoms with Crippen LogP contribution in [0.1, 0.15) is 74.6 Å². The Kier molecular flexibility index (Phi) is 5.16. The van der Waals surface area contributed by atoms with Crippen molar-refractivity contribution in [3.63, 3.8) is 0 Å². The van der Waals surface area contributed by atoms with Gasteiger partial charge in [-0.05, 0) is 47.5 Å². The van der Waals surface area contributed by atoms with Crippen molar-refractivity contribution in [3.8, 4) is 0 Å². The topological polar surface area (TPSA) is 82.2 Å². The van der Waals surface area contributed by atoms with Crippen LogP contribution in [-0.4, -0.2) is 40.9 Å². The van der Waals surface area contributed by atoms with Crippen LogP contribution in [-0.2, 0) is 19.0 Å². The van der Waals surface area contributed by atoms with Crippen molar-refractivity contribution >= 4 is 17.5 Å². The summed E-state index contributed by atoms with van der Waals surface area (Å²) in [6, 6.07) is 6.71. The highest BCUT2D eigenvalue weighted by Gasteiger charge is 2.48. The highest BCUT2D eigenvalue weighted by atomic mass is 16.6. The molecule has 2 aliphatic heterocycles. The molecule has 0 spiro atoms. The Morgan fingerprint density at radius 3 is 2.39 bits per heavy atom. The lowest BCUT2D eigenvalue weighted by molar-refractivity contribution is -0.161. The summed E-state index contributed by atoms with van der Waals surface area (Å²) in [7, 11) is 0. The number of hydrogen-bond acceptors (Lipinski definition) is 6. The Morgan fingerprint density at radius 1 is 1.16 bits per heavy atom. The van der Waals surface area contributed by atoms with Crippen LogP contribution >= 0.6 is 0 Å². The number of esters is 1. The SMILES string of the molecule is CC(=CCCC1(C)OC1C)C(=O)OC1CC2=C(OC1(C)C)C(=O)c1ccccc1C2=O. The molecule has 1 fully saturated rings. The van der Waals surface area contributed by atoms with Gasteiger partial charge in [-0.15, -0.1) is 0 Å². The van der Waals surface area contributed by atoms with Crippen molar-refractivity contribution in [2.75, 3.05) is 0 Å². The first kappa shape index (κ1) is 21.5. The average Bonchev–Trinajstić information content (AvgIpc) is 3.32. The summed E-state index contributed by atoms with van der Waals surface area (Å²) in [5.74, 6) is -0.930. The second kappa shape index (κ2) is 7.45. The van der Waals surface area contributed by atoms with E-state index in [0.717, 1.165) is 6.42 Å². The third kappa shape index (κ3) is 3.85. The first-order valence-corrected chi connectivity index (χ1v) is 10.7. The van der Waals surface area contributed by atoms with E-state index in [1.54, 1.807) is 45.0 Å². The Balaban J connectivity index is 1.48. The normalized spacial score (nSPS) is 29.1. The van der Waals surface area contributed by atoms with E-state index in [1.807, 2.05) is 13.0 Å². The molecule has 0 radical (unpaired) electrons. The van der Waals surface area contributed by atoms with Gasteiger partial charge in [0.25, 0.3) is 0 Å². The Morgan fingerprint density at radius 2 is 1.77 bits per heavy atom. The van der Waals surface area contributed by atoms with Gasteiger partial charge in [-0.2, -0.15) is 0 Å². The summed E-state index contributed by atoms with van der Waals surface area (Å²) in [6.07, 6.45) is 3.11. The lowest BCUT2D eigenvalue weighted by atomic mass is 9.81. The molecule has 0 N–H and O–H groups in total. The van der Waals surface area contributed by atoms with Gasteiger partial charge >= 0.3 is 5.97 Å². The molecule has 2 heterocycles. The number of ketones is 2. The average molecular weight is 424 g/mol. The van der Waals surface area contributed by atoms with Crippen molar-refractivity contribution in [3.05, 3.63) is 58.4 Å². The summed E-state index contributed by atoms with van der Waals surface area (Å²) < 4.78 is 17.3. The van der Waals surface area contributed by atoms with E-state index < -0.39 is 17.7 Å². The zero-order valence-corrected chi connectivity index (χ0v) is 18.6. The number of hydrogen-bond donors (Lipinski definition) is 0. The molecular formula is C25H28O6. The predicted octanol–water partition coefficient (Wildman–Crippen LogP) is 4.33. The van der Waals surface area contributed by atoms with Gasteiger partial charge in [0.1, 0.15) is 11.7 Å². The summed E-state index contributed by atoms with van der Waals surface area (Å²) in [6.45, 7) is 9.34. The molecule has 1 aromatic carbocycles. The molecule has 1 saturated heterocycles. The number of carbonyl (C=O) groups excluding carboxylic acids is 3. The minimum absolute atomic E-state index is 0.0695. The van der Waals surface area contributed by atoms with E-state index in [4.69, 9.17) is 14.2 Å². The van der Waals surface area contributed by atoms with Gasteiger partial charge in [0.2, 0.25) is 5.78 Å². The summed E-state index contributed by atoms with van der Waals surface area (Å²) in [4.78, 5) is 38.6. The molecule has 0 amide bonds. The van der Waals surface area contributed by atoms with Crippen LogP contribution < -0.4 is 0 Å². The molecule has 31 heavy (non-hydrogen) atoms. The van der Waals surface area contributed by atoms with Crippen LogP contribution in [0, 0.1) is 0 Å². The molecule has 164 valence electrons. The molecule has 3 atom stereocenters. The quantitative estimate of drug-likeness (QED) is 0.397. The molecule has 1 aliphatic carbocycles. The van der Waals surface area contributed by atoms with Crippen molar-refractivity contribution in [2.45, 2.75) is 77.3 Å². The molecule has 6 nitrogen and oxygen atoms in total. The molecule has 0 saturated carbocycles. The van der Waals surface area contributed by atoms with E-state index >= 15 is 0 Å². The Hall–Kier alpha value is -2.73. The van der Waals surface area contributed by atoms with E-state index in [2.05, 4.69) is 6.92 Å². The number of rotatable bonds is 5. The van der Waals surface area contributed by atoms with Crippen LogP contribution in [0.15, 0.2) is 47.2 Å². The second-order valence-electron chi connectivity index (χ2n) is 9.31. The van der Waals surface area contributed by atoms with Gasteiger partial charge in [0, 0.05) is 23.1 Å². The minimum Gasteiger partial charge on any atom is -0.479 e. The smallest absolute Gasteiger partial charge is 0.333 e. The summed E-state index contributed by atoms with van der Waals surface area (Å²) in [5, 5.41) is 0. The maximum atomic E-state index is 13.0. The molecule has 6 heteroatoms.